The van der Waals surface area contributed by atoms with Crippen LogP contribution in [0.3, 0.4) is 0 Å². The lowest BCUT2D eigenvalue weighted by Crippen LogP contribution is -2.29. The predicted octanol–water partition coefficient (Wildman–Crippen LogP) is -0.298. The molecular formula is C10H11N5O2S. The molecule has 0 aliphatic carbocycles. The molecule has 0 fully saturated rings. The minimum absolute atomic E-state index is 0.0191. The van der Waals surface area contributed by atoms with Crippen LogP contribution >= 0.6 is 0 Å². The van der Waals surface area contributed by atoms with Crippen LogP contribution in [0.4, 0.5) is 0 Å². The molecule has 94 valence electrons. The van der Waals surface area contributed by atoms with E-state index >= 15 is 0 Å². The summed E-state index contributed by atoms with van der Waals surface area (Å²) in [6.07, 6.45) is 1.52. The predicted molar refractivity (Wildman–Crippen MR) is 67.9 cm³/mol. The van der Waals surface area contributed by atoms with E-state index in [0.717, 1.165) is 0 Å². The summed E-state index contributed by atoms with van der Waals surface area (Å²) in [4.78, 5) is 6.00. The number of sulfonamides is 1. The third-order valence-corrected chi connectivity index (χ3v) is 3.42. The van der Waals surface area contributed by atoms with Gasteiger partial charge in [0.05, 0.1) is 5.52 Å². The lowest BCUT2D eigenvalue weighted by molar-refractivity contribution is 0.585. The number of nitrogens with zero attached hydrogens (tertiary/aromatic N) is 2. The fraction of sp³-hybridized carbons (Fsp3) is 0. The van der Waals surface area contributed by atoms with Crippen LogP contribution in [0.5, 0.6) is 0 Å². The SMILES string of the molecule is NC(N)=NNS(=O)(=O)c1cccc2cccnc12. The lowest BCUT2D eigenvalue weighted by atomic mass is 10.2. The molecule has 0 radical (unpaired) electrons. The van der Waals surface area contributed by atoms with Crippen molar-refractivity contribution >= 4 is 26.9 Å². The summed E-state index contributed by atoms with van der Waals surface area (Å²) in [5.74, 6) is -0.369. The van der Waals surface area contributed by atoms with E-state index in [1.54, 1.807) is 24.3 Å². The number of hydrogen-bond acceptors (Lipinski definition) is 4. The molecule has 18 heavy (non-hydrogen) atoms. The Kier molecular flexibility index (Phi) is 3.02. The Balaban J connectivity index is 2.57. The van der Waals surface area contributed by atoms with Crippen LogP contribution in [-0.2, 0) is 10.0 Å². The van der Waals surface area contributed by atoms with Gasteiger partial charge in [-0.15, -0.1) is 5.10 Å². The van der Waals surface area contributed by atoms with Crippen molar-refractivity contribution in [3.05, 3.63) is 36.5 Å². The Morgan fingerprint density at radius 2 is 1.94 bits per heavy atom. The number of para-hydroxylation sites is 1. The van der Waals surface area contributed by atoms with Gasteiger partial charge in [-0.25, -0.2) is 0 Å². The molecule has 1 heterocycles. The van der Waals surface area contributed by atoms with Crippen molar-refractivity contribution in [2.45, 2.75) is 4.90 Å². The zero-order valence-corrected chi connectivity index (χ0v) is 10.1. The van der Waals surface area contributed by atoms with Crippen LogP contribution in [0.2, 0.25) is 0 Å². The van der Waals surface area contributed by atoms with Crippen molar-refractivity contribution in [1.29, 1.82) is 0 Å². The van der Waals surface area contributed by atoms with Gasteiger partial charge in [-0.05, 0) is 12.1 Å². The van der Waals surface area contributed by atoms with E-state index in [4.69, 9.17) is 11.5 Å². The summed E-state index contributed by atoms with van der Waals surface area (Å²) in [6.45, 7) is 0. The molecule has 2 aromatic rings. The largest absolute Gasteiger partial charge is 0.369 e. The number of fused-ring (bicyclic) bond motifs is 1. The molecule has 0 amide bonds. The molecule has 0 saturated heterocycles. The zero-order chi connectivity index (χ0) is 13.2. The van der Waals surface area contributed by atoms with Crippen molar-refractivity contribution in [2.24, 2.45) is 16.6 Å². The molecule has 0 atom stereocenters. The molecule has 0 aliphatic rings. The maximum atomic E-state index is 12.0. The number of pyridine rings is 1. The molecule has 5 N–H and O–H groups in total. The molecule has 1 aromatic carbocycles. The molecule has 1 aromatic heterocycles. The Bertz CT molecular complexity index is 702. The summed E-state index contributed by atoms with van der Waals surface area (Å²) in [5, 5.41) is 4.00. The highest BCUT2D eigenvalue weighted by atomic mass is 32.2. The number of guanidine groups is 1. The van der Waals surface area contributed by atoms with Gasteiger partial charge in [-0.1, -0.05) is 18.2 Å². The van der Waals surface area contributed by atoms with Crippen LogP contribution < -0.4 is 16.3 Å². The Morgan fingerprint density at radius 3 is 2.67 bits per heavy atom. The number of nitrogens with one attached hydrogen (secondary N) is 1. The lowest BCUT2D eigenvalue weighted by Gasteiger charge is -2.06. The van der Waals surface area contributed by atoms with Crippen molar-refractivity contribution in [3.8, 4) is 0 Å². The van der Waals surface area contributed by atoms with Crippen LogP contribution in [0.1, 0.15) is 0 Å². The first-order valence-electron chi connectivity index (χ1n) is 4.95. The zero-order valence-electron chi connectivity index (χ0n) is 9.24. The van der Waals surface area contributed by atoms with E-state index in [-0.39, 0.29) is 10.9 Å². The molecule has 0 spiro atoms. The van der Waals surface area contributed by atoms with Gasteiger partial charge in [-0.3, -0.25) is 4.98 Å². The fourth-order valence-electron chi connectivity index (χ4n) is 1.46. The molecule has 0 unspecified atom stereocenters. The highest BCUT2D eigenvalue weighted by molar-refractivity contribution is 7.89. The molecule has 0 aliphatic heterocycles. The molecule has 0 saturated carbocycles. The summed E-state index contributed by atoms with van der Waals surface area (Å²) in [7, 11) is -3.84. The Labute approximate surface area is 104 Å². The van der Waals surface area contributed by atoms with Crippen molar-refractivity contribution in [2.75, 3.05) is 0 Å². The molecule has 2 rings (SSSR count). The minimum atomic E-state index is -3.84. The summed E-state index contributed by atoms with van der Waals surface area (Å²) in [5.41, 5.74) is 10.5. The van der Waals surface area contributed by atoms with Crippen molar-refractivity contribution < 1.29 is 8.42 Å². The van der Waals surface area contributed by atoms with E-state index in [1.807, 2.05) is 4.83 Å². The van der Waals surface area contributed by atoms with Gasteiger partial charge in [0, 0.05) is 11.6 Å². The highest BCUT2D eigenvalue weighted by Gasteiger charge is 2.17. The minimum Gasteiger partial charge on any atom is -0.369 e. The monoisotopic (exact) mass is 265 g/mol. The van der Waals surface area contributed by atoms with Crippen molar-refractivity contribution in [3.63, 3.8) is 0 Å². The van der Waals surface area contributed by atoms with Gasteiger partial charge >= 0.3 is 0 Å². The van der Waals surface area contributed by atoms with Crippen LogP contribution in [-0.4, -0.2) is 19.4 Å². The number of hydrogen-bond donors (Lipinski definition) is 3. The average molecular weight is 265 g/mol. The first-order chi connectivity index (χ1) is 8.50. The third kappa shape index (κ3) is 2.33. The van der Waals surface area contributed by atoms with Gasteiger partial charge in [0.1, 0.15) is 4.90 Å². The number of rotatable bonds is 3. The Hall–Kier alpha value is -2.35. The summed E-state index contributed by atoms with van der Waals surface area (Å²) >= 11 is 0. The van der Waals surface area contributed by atoms with E-state index in [2.05, 4.69) is 10.1 Å². The number of aromatic nitrogens is 1. The average Bonchev–Trinajstić information content (AvgIpc) is 2.36. The van der Waals surface area contributed by atoms with E-state index in [9.17, 15) is 8.42 Å². The second-order valence-electron chi connectivity index (χ2n) is 3.46. The molecule has 7 nitrogen and oxygen atoms in total. The topological polar surface area (TPSA) is 123 Å². The van der Waals surface area contributed by atoms with Gasteiger partial charge in [0.15, 0.2) is 0 Å². The van der Waals surface area contributed by atoms with Crippen LogP contribution in [0.25, 0.3) is 10.9 Å². The van der Waals surface area contributed by atoms with Crippen LogP contribution in [0, 0.1) is 0 Å². The van der Waals surface area contributed by atoms with Crippen LogP contribution in [0.15, 0.2) is 46.5 Å². The summed E-state index contributed by atoms with van der Waals surface area (Å²) in [6, 6.07) is 8.31. The first-order valence-corrected chi connectivity index (χ1v) is 6.43. The normalized spacial score (nSPS) is 11.1. The molecule has 8 heteroatoms. The molecule has 0 bridgehead atoms. The maximum Gasteiger partial charge on any atom is 0.278 e. The quantitative estimate of drug-likeness (QED) is 0.399. The van der Waals surface area contributed by atoms with Gasteiger partial charge in [0.2, 0.25) is 5.96 Å². The maximum absolute atomic E-state index is 12.0. The second-order valence-corrected chi connectivity index (χ2v) is 5.09. The van der Waals surface area contributed by atoms with Gasteiger partial charge < -0.3 is 11.5 Å². The molecular weight excluding hydrogens is 254 g/mol. The number of benzene rings is 1. The number of nitrogens with two attached hydrogens (primary N) is 2. The number of hydrazone groups is 1. The van der Waals surface area contributed by atoms with Crippen molar-refractivity contribution in [1.82, 2.24) is 9.82 Å². The first kappa shape index (κ1) is 12.1. The highest BCUT2D eigenvalue weighted by Crippen LogP contribution is 2.20. The summed E-state index contributed by atoms with van der Waals surface area (Å²) < 4.78 is 24.0. The van der Waals surface area contributed by atoms with E-state index in [0.29, 0.717) is 10.9 Å². The standard InChI is InChI=1S/C10H11N5O2S/c11-10(12)14-15-18(16,17)8-5-1-3-7-4-2-6-13-9(7)8/h1-6,15H,(H4,11,12,14). The van der Waals surface area contributed by atoms with E-state index < -0.39 is 10.0 Å². The Morgan fingerprint density at radius 1 is 1.22 bits per heavy atom. The smallest absolute Gasteiger partial charge is 0.278 e. The third-order valence-electron chi connectivity index (χ3n) is 2.18. The van der Waals surface area contributed by atoms with Gasteiger partial charge in [0.25, 0.3) is 10.0 Å². The second kappa shape index (κ2) is 4.49. The fourth-order valence-corrected chi connectivity index (χ4v) is 2.46. The van der Waals surface area contributed by atoms with E-state index in [1.165, 1.54) is 12.3 Å². The van der Waals surface area contributed by atoms with Gasteiger partial charge in [-0.2, -0.15) is 13.2 Å².